The molecule has 0 saturated carbocycles. The zero-order valence-corrected chi connectivity index (χ0v) is 17.7. The maximum absolute atomic E-state index is 13.2. The number of benzene rings is 3. The predicted molar refractivity (Wildman–Crippen MR) is 124 cm³/mol. The van der Waals surface area contributed by atoms with Crippen molar-refractivity contribution in [3.8, 4) is 6.07 Å². The van der Waals surface area contributed by atoms with E-state index in [-0.39, 0.29) is 12.0 Å². The van der Waals surface area contributed by atoms with Gasteiger partial charge in [0.2, 0.25) is 5.91 Å². The molecule has 0 aliphatic carbocycles. The molecular weight excluding hydrogens is 424 g/mol. The summed E-state index contributed by atoms with van der Waals surface area (Å²) in [5, 5.41) is 16.0. The molecule has 6 nitrogen and oxygen atoms in total. The summed E-state index contributed by atoms with van der Waals surface area (Å²) in [7, 11) is 0. The van der Waals surface area contributed by atoms with Crippen molar-refractivity contribution in [1.29, 1.82) is 5.26 Å². The highest BCUT2D eigenvalue weighted by Gasteiger charge is 2.24. The zero-order chi connectivity index (χ0) is 22.5. The highest BCUT2D eigenvalue weighted by molar-refractivity contribution is 6.33. The second-order valence-corrected chi connectivity index (χ2v) is 7.66. The Kier molecular flexibility index (Phi) is 6.20. The van der Waals surface area contributed by atoms with Gasteiger partial charge in [-0.3, -0.25) is 9.59 Å². The molecule has 0 fully saturated rings. The first-order chi connectivity index (χ1) is 15.5. The normalized spacial score (nSPS) is 11.5. The Balaban J connectivity index is 1.62. The zero-order valence-electron chi connectivity index (χ0n) is 16.9. The van der Waals surface area contributed by atoms with E-state index in [9.17, 15) is 9.59 Å². The van der Waals surface area contributed by atoms with Crippen LogP contribution in [0.2, 0.25) is 5.02 Å². The van der Waals surface area contributed by atoms with E-state index in [1.165, 1.54) is 0 Å². The number of para-hydroxylation sites is 1. The van der Waals surface area contributed by atoms with Gasteiger partial charge in [-0.2, -0.15) is 5.26 Å². The Morgan fingerprint density at radius 2 is 1.81 bits per heavy atom. The van der Waals surface area contributed by atoms with Gasteiger partial charge in [-0.15, -0.1) is 0 Å². The summed E-state index contributed by atoms with van der Waals surface area (Å²) in [6.45, 7) is 0. The molecule has 0 spiro atoms. The molecule has 1 heterocycles. The van der Waals surface area contributed by atoms with E-state index in [1.54, 1.807) is 48.5 Å². The number of aromatic nitrogens is 1. The summed E-state index contributed by atoms with van der Waals surface area (Å²) in [5.41, 5.74) is 3.03. The Bertz CT molecular complexity index is 1340. The number of nitrogens with zero attached hydrogens (tertiary/aromatic N) is 1. The first-order valence-corrected chi connectivity index (χ1v) is 10.3. The van der Waals surface area contributed by atoms with Crippen molar-refractivity contribution in [3.05, 3.63) is 101 Å². The quantitative estimate of drug-likeness (QED) is 0.404. The van der Waals surface area contributed by atoms with Crippen LogP contribution in [0.15, 0.2) is 79.0 Å². The molecule has 32 heavy (non-hydrogen) atoms. The molecule has 1 unspecified atom stereocenters. The summed E-state index contributed by atoms with van der Waals surface area (Å²) >= 11 is 6.17. The molecule has 1 aromatic heterocycles. The van der Waals surface area contributed by atoms with Gasteiger partial charge in [-0.1, -0.05) is 48.0 Å². The monoisotopic (exact) mass is 442 g/mol. The molecule has 2 amide bonds. The Morgan fingerprint density at radius 3 is 2.62 bits per heavy atom. The second kappa shape index (κ2) is 9.38. The number of halogens is 1. The van der Waals surface area contributed by atoms with Crippen LogP contribution in [-0.2, 0) is 11.2 Å². The minimum atomic E-state index is -0.872. The minimum Gasteiger partial charge on any atom is -0.361 e. The maximum Gasteiger partial charge on any atom is 0.253 e. The van der Waals surface area contributed by atoms with Gasteiger partial charge < -0.3 is 15.6 Å². The van der Waals surface area contributed by atoms with E-state index in [4.69, 9.17) is 16.9 Å². The third kappa shape index (κ3) is 4.64. The Hall–Kier alpha value is -4.08. The van der Waals surface area contributed by atoms with Crippen LogP contribution in [0.4, 0.5) is 5.69 Å². The number of nitriles is 1. The van der Waals surface area contributed by atoms with Gasteiger partial charge in [0.05, 0.1) is 22.2 Å². The van der Waals surface area contributed by atoms with Crippen LogP contribution in [0, 0.1) is 11.3 Å². The number of H-pyrrole nitrogens is 1. The maximum atomic E-state index is 13.2. The van der Waals surface area contributed by atoms with Crippen LogP contribution in [0.5, 0.6) is 0 Å². The number of hydrogen-bond donors (Lipinski definition) is 3. The fourth-order valence-electron chi connectivity index (χ4n) is 3.51. The molecule has 0 saturated heterocycles. The van der Waals surface area contributed by atoms with Crippen LogP contribution >= 0.6 is 11.6 Å². The second-order valence-electron chi connectivity index (χ2n) is 7.25. The number of anilines is 1. The number of amides is 2. The molecule has 0 radical (unpaired) electrons. The summed E-state index contributed by atoms with van der Waals surface area (Å²) in [6.07, 6.45) is 2.10. The number of rotatable bonds is 6. The topological polar surface area (TPSA) is 97.8 Å². The molecule has 4 rings (SSSR count). The third-order valence-electron chi connectivity index (χ3n) is 5.10. The van der Waals surface area contributed by atoms with Gasteiger partial charge in [-0.05, 0) is 42.0 Å². The van der Waals surface area contributed by atoms with Crippen molar-refractivity contribution in [3.63, 3.8) is 0 Å². The van der Waals surface area contributed by atoms with Crippen LogP contribution in [0.25, 0.3) is 10.9 Å². The van der Waals surface area contributed by atoms with Crippen molar-refractivity contribution in [2.75, 3.05) is 5.32 Å². The number of hydrogen-bond acceptors (Lipinski definition) is 3. The molecule has 0 bridgehead atoms. The molecule has 158 valence electrons. The number of carbonyl (C=O) groups excluding carboxylic acids is 2. The SMILES string of the molecule is N#Cc1cccc(NC(=O)C(Cc2c[nH]c3ccccc23)NC(=O)c2ccccc2Cl)c1. The predicted octanol–water partition coefficient (Wildman–Crippen LogP) is 4.67. The number of nitrogens with one attached hydrogen (secondary N) is 3. The highest BCUT2D eigenvalue weighted by Crippen LogP contribution is 2.21. The molecule has 3 aromatic carbocycles. The third-order valence-corrected chi connectivity index (χ3v) is 5.43. The van der Waals surface area contributed by atoms with Gasteiger partial charge in [-0.25, -0.2) is 0 Å². The molecule has 1 atom stereocenters. The van der Waals surface area contributed by atoms with Gasteiger partial charge in [0.15, 0.2) is 0 Å². The van der Waals surface area contributed by atoms with Crippen LogP contribution in [0.3, 0.4) is 0 Å². The van der Waals surface area contributed by atoms with E-state index in [0.717, 1.165) is 16.5 Å². The molecule has 3 N–H and O–H groups in total. The lowest BCUT2D eigenvalue weighted by molar-refractivity contribution is -0.118. The molecule has 0 aliphatic rings. The summed E-state index contributed by atoms with van der Waals surface area (Å²) in [4.78, 5) is 29.3. The fraction of sp³-hybridized carbons (Fsp3) is 0.0800. The van der Waals surface area contributed by atoms with E-state index in [1.807, 2.05) is 36.5 Å². The number of fused-ring (bicyclic) bond motifs is 1. The van der Waals surface area contributed by atoms with Crippen molar-refractivity contribution >= 4 is 40.0 Å². The smallest absolute Gasteiger partial charge is 0.253 e. The lowest BCUT2D eigenvalue weighted by Crippen LogP contribution is -2.45. The Morgan fingerprint density at radius 1 is 1.03 bits per heavy atom. The molecule has 7 heteroatoms. The largest absolute Gasteiger partial charge is 0.361 e. The van der Waals surface area contributed by atoms with E-state index >= 15 is 0 Å². The van der Waals surface area contributed by atoms with Gasteiger partial charge in [0.1, 0.15) is 6.04 Å². The lowest BCUT2D eigenvalue weighted by atomic mass is 10.0. The minimum absolute atomic E-state index is 0.268. The summed E-state index contributed by atoms with van der Waals surface area (Å²) in [6, 6.07) is 22.2. The van der Waals surface area contributed by atoms with Crippen molar-refractivity contribution in [1.82, 2.24) is 10.3 Å². The van der Waals surface area contributed by atoms with Crippen LogP contribution < -0.4 is 10.6 Å². The summed E-state index contributed by atoms with van der Waals surface area (Å²) < 4.78 is 0. The van der Waals surface area contributed by atoms with Gasteiger partial charge in [0.25, 0.3) is 5.91 Å². The average molecular weight is 443 g/mol. The van der Waals surface area contributed by atoms with E-state index in [0.29, 0.717) is 16.3 Å². The van der Waals surface area contributed by atoms with E-state index in [2.05, 4.69) is 15.6 Å². The van der Waals surface area contributed by atoms with Crippen molar-refractivity contribution < 1.29 is 9.59 Å². The van der Waals surface area contributed by atoms with E-state index < -0.39 is 17.9 Å². The van der Waals surface area contributed by atoms with Crippen LogP contribution in [-0.4, -0.2) is 22.8 Å². The van der Waals surface area contributed by atoms with Crippen molar-refractivity contribution in [2.45, 2.75) is 12.5 Å². The first-order valence-electron chi connectivity index (χ1n) is 9.96. The average Bonchev–Trinajstić information content (AvgIpc) is 3.22. The standard InChI is InChI=1S/C25H19ClN4O2/c26-21-10-3-1-9-20(21)24(31)30-23(13-17-15-28-22-11-4-2-8-19(17)22)25(32)29-18-7-5-6-16(12-18)14-27/h1-12,15,23,28H,13H2,(H,29,32)(H,30,31). The van der Waals surface area contributed by atoms with Gasteiger partial charge >= 0.3 is 0 Å². The van der Waals surface area contributed by atoms with Crippen LogP contribution in [0.1, 0.15) is 21.5 Å². The Labute approximate surface area is 189 Å². The molecular formula is C25H19ClN4O2. The first kappa shape index (κ1) is 21.2. The highest BCUT2D eigenvalue weighted by atomic mass is 35.5. The van der Waals surface area contributed by atoms with Crippen molar-refractivity contribution in [2.24, 2.45) is 0 Å². The van der Waals surface area contributed by atoms with Gasteiger partial charge in [0, 0.05) is 29.2 Å². The molecule has 0 aliphatic heterocycles. The number of carbonyl (C=O) groups is 2. The fourth-order valence-corrected chi connectivity index (χ4v) is 3.73. The number of aromatic amines is 1. The molecule has 4 aromatic rings. The summed E-state index contributed by atoms with van der Waals surface area (Å²) in [5.74, 6) is -0.841. The lowest BCUT2D eigenvalue weighted by Gasteiger charge is -2.19.